The Morgan fingerprint density at radius 2 is 1.90 bits per heavy atom. The number of imidazole rings is 1. The zero-order valence-corrected chi connectivity index (χ0v) is 11.3. The summed E-state index contributed by atoms with van der Waals surface area (Å²) in [5.74, 6) is 0.880. The fourth-order valence-corrected chi connectivity index (χ4v) is 2.27. The van der Waals surface area contributed by atoms with Crippen molar-refractivity contribution < 1.29 is 4.74 Å². The standard InChI is InChI=1S/C17H16N2O/c1-2-20-14-8-9-15(17-11-18-12-19-17)16(10-14)13-6-4-3-5-7-13/h3-12H,2H2,1H3,(H,18,19). The zero-order valence-electron chi connectivity index (χ0n) is 11.3. The van der Waals surface area contributed by atoms with E-state index in [1.165, 1.54) is 0 Å². The largest absolute Gasteiger partial charge is 0.494 e. The molecule has 2 aromatic carbocycles. The molecule has 100 valence electrons. The average Bonchev–Trinajstić information content (AvgIpc) is 3.03. The molecule has 0 saturated carbocycles. The molecule has 0 aliphatic carbocycles. The minimum absolute atomic E-state index is 0.663. The van der Waals surface area contributed by atoms with Gasteiger partial charge in [0.05, 0.1) is 18.6 Å². The topological polar surface area (TPSA) is 37.9 Å². The van der Waals surface area contributed by atoms with Gasteiger partial charge in [-0.05, 0) is 36.2 Å². The predicted molar refractivity (Wildman–Crippen MR) is 80.6 cm³/mol. The zero-order chi connectivity index (χ0) is 13.8. The number of aromatic amines is 1. The van der Waals surface area contributed by atoms with Crippen molar-refractivity contribution in [2.24, 2.45) is 0 Å². The van der Waals surface area contributed by atoms with Gasteiger partial charge in [0.15, 0.2) is 0 Å². The van der Waals surface area contributed by atoms with Crippen LogP contribution in [0.1, 0.15) is 6.92 Å². The predicted octanol–water partition coefficient (Wildman–Crippen LogP) is 4.14. The van der Waals surface area contributed by atoms with Gasteiger partial charge in [-0.25, -0.2) is 4.98 Å². The van der Waals surface area contributed by atoms with Crippen LogP contribution in [0.2, 0.25) is 0 Å². The van der Waals surface area contributed by atoms with E-state index in [9.17, 15) is 0 Å². The maximum atomic E-state index is 5.61. The summed E-state index contributed by atoms with van der Waals surface area (Å²) in [5.41, 5.74) is 4.32. The molecule has 0 fully saturated rings. The van der Waals surface area contributed by atoms with E-state index < -0.39 is 0 Å². The van der Waals surface area contributed by atoms with Crippen molar-refractivity contribution in [2.45, 2.75) is 6.92 Å². The number of H-pyrrole nitrogens is 1. The van der Waals surface area contributed by atoms with E-state index in [0.29, 0.717) is 6.61 Å². The third-order valence-corrected chi connectivity index (χ3v) is 3.16. The summed E-state index contributed by atoms with van der Waals surface area (Å²) in [6.07, 6.45) is 3.60. The molecule has 3 nitrogen and oxygen atoms in total. The van der Waals surface area contributed by atoms with Crippen molar-refractivity contribution in [3.63, 3.8) is 0 Å². The van der Waals surface area contributed by atoms with Gasteiger partial charge >= 0.3 is 0 Å². The van der Waals surface area contributed by atoms with Crippen LogP contribution in [0.3, 0.4) is 0 Å². The van der Waals surface area contributed by atoms with Gasteiger partial charge in [0.1, 0.15) is 5.75 Å². The second-order valence-electron chi connectivity index (χ2n) is 4.46. The summed E-state index contributed by atoms with van der Waals surface area (Å²) >= 11 is 0. The highest BCUT2D eigenvalue weighted by Crippen LogP contribution is 2.33. The van der Waals surface area contributed by atoms with Crippen LogP contribution in [0.4, 0.5) is 0 Å². The quantitative estimate of drug-likeness (QED) is 0.769. The number of aromatic nitrogens is 2. The number of hydrogen-bond acceptors (Lipinski definition) is 2. The van der Waals surface area contributed by atoms with Crippen LogP contribution in [-0.4, -0.2) is 16.6 Å². The Balaban J connectivity index is 2.15. The van der Waals surface area contributed by atoms with Crippen molar-refractivity contribution in [1.29, 1.82) is 0 Å². The number of benzene rings is 2. The van der Waals surface area contributed by atoms with Crippen LogP contribution >= 0.6 is 0 Å². The molecule has 3 heteroatoms. The Hall–Kier alpha value is -2.55. The molecule has 0 aliphatic rings. The number of ether oxygens (including phenoxy) is 1. The van der Waals surface area contributed by atoms with Crippen LogP contribution in [-0.2, 0) is 0 Å². The number of nitrogens with zero attached hydrogens (tertiary/aromatic N) is 1. The molecule has 0 saturated heterocycles. The summed E-state index contributed by atoms with van der Waals surface area (Å²) in [6.45, 7) is 2.65. The van der Waals surface area contributed by atoms with Gasteiger partial charge in [0.25, 0.3) is 0 Å². The second kappa shape index (κ2) is 5.61. The third-order valence-electron chi connectivity index (χ3n) is 3.16. The lowest BCUT2D eigenvalue weighted by molar-refractivity contribution is 0.340. The molecule has 0 radical (unpaired) electrons. The van der Waals surface area contributed by atoms with Crippen LogP contribution in [0, 0.1) is 0 Å². The van der Waals surface area contributed by atoms with Crippen molar-refractivity contribution in [3.8, 4) is 28.1 Å². The molecule has 0 unspecified atom stereocenters. The van der Waals surface area contributed by atoms with Gasteiger partial charge in [0.2, 0.25) is 0 Å². The second-order valence-corrected chi connectivity index (χ2v) is 4.46. The lowest BCUT2D eigenvalue weighted by Gasteiger charge is -2.11. The van der Waals surface area contributed by atoms with Gasteiger partial charge in [-0.3, -0.25) is 0 Å². The SMILES string of the molecule is CCOc1ccc(-c2c[nH]cn2)c(-c2ccccc2)c1. The highest BCUT2D eigenvalue weighted by molar-refractivity contribution is 5.82. The van der Waals surface area contributed by atoms with Crippen LogP contribution in [0.15, 0.2) is 61.1 Å². The molecule has 0 amide bonds. The molecule has 0 aliphatic heterocycles. The minimum atomic E-state index is 0.663. The van der Waals surface area contributed by atoms with E-state index in [4.69, 9.17) is 4.74 Å². The first kappa shape index (κ1) is 12.5. The van der Waals surface area contributed by atoms with Crippen molar-refractivity contribution in [2.75, 3.05) is 6.61 Å². The molecule has 3 rings (SSSR count). The lowest BCUT2D eigenvalue weighted by atomic mass is 9.97. The van der Waals surface area contributed by atoms with Crippen molar-refractivity contribution in [3.05, 3.63) is 61.1 Å². The summed E-state index contributed by atoms with van der Waals surface area (Å²) in [6, 6.07) is 16.4. The van der Waals surface area contributed by atoms with Crippen LogP contribution in [0.5, 0.6) is 5.75 Å². The Morgan fingerprint density at radius 3 is 2.60 bits per heavy atom. The Kier molecular flexibility index (Phi) is 3.50. The van der Waals surface area contributed by atoms with Crippen molar-refractivity contribution in [1.82, 2.24) is 9.97 Å². The first-order valence-corrected chi connectivity index (χ1v) is 6.70. The summed E-state index contributed by atoms with van der Waals surface area (Å²) < 4.78 is 5.61. The fraction of sp³-hybridized carbons (Fsp3) is 0.118. The molecule has 0 bridgehead atoms. The lowest BCUT2D eigenvalue weighted by Crippen LogP contribution is -1.93. The molecule has 1 N–H and O–H groups in total. The third kappa shape index (κ3) is 2.43. The summed E-state index contributed by atoms with van der Waals surface area (Å²) in [5, 5.41) is 0. The molecule has 1 heterocycles. The average molecular weight is 264 g/mol. The van der Waals surface area contributed by atoms with E-state index in [2.05, 4.69) is 34.2 Å². The number of rotatable bonds is 4. The Labute approximate surface area is 118 Å². The van der Waals surface area contributed by atoms with Gasteiger partial charge in [-0.1, -0.05) is 30.3 Å². The highest BCUT2D eigenvalue weighted by Gasteiger charge is 2.10. The van der Waals surface area contributed by atoms with Gasteiger partial charge < -0.3 is 9.72 Å². The number of hydrogen-bond donors (Lipinski definition) is 1. The maximum Gasteiger partial charge on any atom is 0.119 e. The smallest absolute Gasteiger partial charge is 0.119 e. The molecule has 20 heavy (non-hydrogen) atoms. The first-order valence-electron chi connectivity index (χ1n) is 6.70. The monoisotopic (exact) mass is 264 g/mol. The van der Waals surface area contributed by atoms with Crippen LogP contribution < -0.4 is 4.74 Å². The van der Waals surface area contributed by atoms with E-state index in [1.807, 2.05) is 37.4 Å². The van der Waals surface area contributed by atoms with Gasteiger partial charge in [0, 0.05) is 11.8 Å². The number of nitrogens with one attached hydrogen (secondary N) is 1. The summed E-state index contributed by atoms with van der Waals surface area (Å²) in [4.78, 5) is 7.36. The molecule has 3 aromatic rings. The molecule has 0 atom stereocenters. The minimum Gasteiger partial charge on any atom is -0.494 e. The Morgan fingerprint density at radius 1 is 1.05 bits per heavy atom. The Bertz CT molecular complexity index is 675. The first-order chi connectivity index (χ1) is 9.88. The fourth-order valence-electron chi connectivity index (χ4n) is 2.27. The van der Waals surface area contributed by atoms with Gasteiger partial charge in [-0.2, -0.15) is 0 Å². The highest BCUT2D eigenvalue weighted by atomic mass is 16.5. The molecule has 0 spiro atoms. The van der Waals surface area contributed by atoms with Crippen LogP contribution in [0.25, 0.3) is 22.4 Å². The molecule has 1 aromatic heterocycles. The normalized spacial score (nSPS) is 10.4. The van der Waals surface area contributed by atoms with E-state index >= 15 is 0 Å². The molecular weight excluding hydrogens is 248 g/mol. The van der Waals surface area contributed by atoms with E-state index in [1.54, 1.807) is 6.33 Å². The summed E-state index contributed by atoms with van der Waals surface area (Å²) in [7, 11) is 0. The maximum absolute atomic E-state index is 5.61. The van der Waals surface area contributed by atoms with E-state index in [-0.39, 0.29) is 0 Å². The van der Waals surface area contributed by atoms with Crippen molar-refractivity contribution >= 4 is 0 Å². The molecular formula is C17H16N2O. The van der Waals surface area contributed by atoms with Gasteiger partial charge in [-0.15, -0.1) is 0 Å². The van der Waals surface area contributed by atoms with E-state index in [0.717, 1.165) is 28.1 Å².